The molecule has 4 aromatic rings. The molecule has 6 nitrogen and oxygen atoms in total. The lowest BCUT2D eigenvalue weighted by atomic mass is 10.2. The van der Waals surface area contributed by atoms with Crippen molar-refractivity contribution in [3.05, 3.63) is 108 Å². The van der Waals surface area contributed by atoms with E-state index in [1.165, 1.54) is 12.1 Å². The molecule has 0 aliphatic rings. The van der Waals surface area contributed by atoms with Crippen LogP contribution in [0.3, 0.4) is 0 Å². The van der Waals surface area contributed by atoms with E-state index in [2.05, 4.69) is 36.8 Å². The molecule has 0 amide bonds. The van der Waals surface area contributed by atoms with Crippen molar-refractivity contribution in [2.24, 2.45) is 0 Å². The summed E-state index contributed by atoms with van der Waals surface area (Å²) in [7, 11) is 0. The molecule has 148 valence electrons. The first-order valence-corrected chi connectivity index (χ1v) is 10.4. The number of para-hydroxylation sites is 1. The largest absolute Gasteiger partial charge is 0.269 e. The van der Waals surface area contributed by atoms with Gasteiger partial charge < -0.3 is 0 Å². The van der Waals surface area contributed by atoms with E-state index >= 15 is 0 Å². The fourth-order valence-electron chi connectivity index (χ4n) is 3.03. The van der Waals surface area contributed by atoms with Crippen molar-refractivity contribution in [1.29, 1.82) is 0 Å². The van der Waals surface area contributed by atoms with Crippen LogP contribution in [-0.2, 0) is 0 Å². The van der Waals surface area contributed by atoms with Gasteiger partial charge in [0, 0.05) is 21.1 Å². The predicted molar refractivity (Wildman–Crippen MR) is 125 cm³/mol. The molecule has 0 saturated heterocycles. The molecule has 0 aliphatic carbocycles. The van der Waals surface area contributed by atoms with Gasteiger partial charge >= 0.3 is 0 Å². The van der Waals surface area contributed by atoms with Gasteiger partial charge in [0.1, 0.15) is 5.82 Å². The Labute approximate surface area is 187 Å². The van der Waals surface area contributed by atoms with Gasteiger partial charge in [0.25, 0.3) is 11.2 Å². The molecule has 0 saturated carbocycles. The minimum absolute atomic E-state index is 0.0194. The van der Waals surface area contributed by atoms with Gasteiger partial charge in [-0.05, 0) is 70.0 Å². The molecule has 0 radical (unpaired) electrons. The normalized spacial score (nSPS) is 11.3. The minimum atomic E-state index is -0.444. The number of halogens is 2. The first-order chi connectivity index (χ1) is 14.4. The number of non-ortho nitro benzene ring substituents is 1. The average Bonchev–Trinajstić information content (AvgIpc) is 2.74. The van der Waals surface area contributed by atoms with Crippen molar-refractivity contribution in [2.45, 2.75) is 0 Å². The summed E-state index contributed by atoms with van der Waals surface area (Å²) in [6, 6.07) is 18.9. The topological polar surface area (TPSA) is 78.0 Å². The second-order valence-corrected chi connectivity index (χ2v) is 8.18. The standard InChI is InChI=1S/C22H13Br2N3O3/c23-15-8-11-18(24)20(13-15)26-21(25-19-4-2-1-3-17(19)22(26)28)12-7-14-5-9-16(10-6-14)27(29)30/h1-13H/b12-7+. The number of nitro groups is 1. The molecular weight excluding hydrogens is 514 g/mol. The van der Waals surface area contributed by atoms with Crippen LogP contribution in [0.15, 0.2) is 80.5 Å². The Morgan fingerprint density at radius 2 is 1.70 bits per heavy atom. The number of fused-ring (bicyclic) bond motifs is 1. The van der Waals surface area contributed by atoms with E-state index in [0.717, 1.165) is 14.5 Å². The Morgan fingerprint density at radius 3 is 2.43 bits per heavy atom. The van der Waals surface area contributed by atoms with Crippen LogP contribution in [0.25, 0.3) is 28.7 Å². The maximum absolute atomic E-state index is 13.3. The van der Waals surface area contributed by atoms with E-state index in [0.29, 0.717) is 22.4 Å². The summed E-state index contributed by atoms with van der Waals surface area (Å²) in [6.07, 6.45) is 3.49. The molecule has 4 rings (SSSR count). The highest BCUT2D eigenvalue weighted by atomic mass is 79.9. The molecule has 1 aromatic heterocycles. The third kappa shape index (κ3) is 3.96. The van der Waals surface area contributed by atoms with Crippen molar-refractivity contribution in [2.75, 3.05) is 0 Å². The van der Waals surface area contributed by atoms with E-state index in [1.54, 1.807) is 47.1 Å². The third-order valence-corrected chi connectivity index (χ3v) is 5.64. The summed E-state index contributed by atoms with van der Waals surface area (Å²) in [5, 5.41) is 11.4. The van der Waals surface area contributed by atoms with Gasteiger partial charge in [-0.25, -0.2) is 4.98 Å². The van der Waals surface area contributed by atoms with Gasteiger partial charge in [-0.3, -0.25) is 19.5 Å². The molecule has 0 unspecified atom stereocenters. The first-order valence-electron chi connectivity index (χ1n) is 8.84. The number of rotatable bonds is 4. The molecule has 0 aliphatic heterocycles. The molecule has 8 heteroatoms. The Bertz CT molecular complexity index is 1360. The molecule has 0 spiro atoms. The summed E-state index contributed by atoms with van der Waals surface area (Å²) < 4.78 is 3.11. The summed E-state index contributed by atoms with van der Waals surface area (Å²) in [4.78, 5) is 28.4. The molecule has 0 N–H and O–H groups in total. The first kappa shape index (κ1) is 20.2. The highest BCUT2D eigenvalue weighted by Crippen LogP contribution is 2.26. The molecule has 0 fully saturated rings. The van der Waals surface area contributed by atoms with Crippen LogP contribution in [0.5, 0.6) is 0 Å². The van der Waals surface area contributed by atoms with Gasteiger partial charge in [0.05, 0.1) is 21.5 Å². The zero-order valence-electron chi connectivity index (χ0n) is 15.3. The van der Waals surface area contributed by atoms with Gasteiger partial charge in [0.15, 0.2) is 0 Å². The fraction of sp³-hybridized carbons (Fsp3) is 0. The van der Waals surface area contributed by atoms with Gasteiger partial charge in [-0.2, -0.15) is 0 Å². The van der Waals surface area contributed by atoms with Crippen LogP contribution < -0.4 is 5.56 Å². The predicted octanol–water partition coefficient (Wildman–Crippen LogP) is 5.99. The summed E-state index contributed by atoms with van der Waals surface area (Å²) >= 11 is 6.98. The molecule has 3 aromatic carbocycles. The second kappa shape index (κ2) is 8.33. The van der Waals surface area contributed by atoms with Crippen LogP contribution >= 0.6 is 31.9 Å². The summed E-state index contributed by atoms with van der Waals surface area (Å²) in [6.45, 7) is 0. The van der Waals surface area contributed by atoms with Crippen LogP contribution in [0.2, 0.25) is 0 Å². The van der Waals surface area contributed by atoms with Crippen molar-refractivity contribution in [3.8, 4) is 5.69 Å². The number of benzene rings is 3. The Morgan fingerprint density at radius 1 is 0.967 bits per heavy atom. The second-order valence-electron chi connectivity index (χ2n) is 6.41. The van der Waals surface area contributed by atoms with Crippen LogP contribution in [0.1, 0.15) is 11.4 Å². The maximum atomic E-state index is 13.3. The number of nitro benzene ring substituents is 1. The summed E-state index contributed by atoms with van der Waals surface area (Å²) in [5.74, 6) is 0.441. The maximum Gasteiger partial charge on any atom is 0.269 e. The lowest BCUT2D eigenvalue weighted by Gasteiger charge is -2.13. The van der Waals surface area contributed by atoms with E-state index in [9.17, 15) is 14.9 Å². The highest BCUT2D eigenvalue weighted by molar-refractivity contribution is 9.11. The molecule has 0 bridgehead atoms. The number of aromatic nitrogens is 2. The lowest BCUT2D eigenvalue weighted by molar-refractivity contribution is -0.384. The van der Waals surface area contributed by atoms with E-state index in [4.69, 9.17) is 0 Å². The SMILES string of the molecule is O=c1c2ccccc2nc(/C=C/c2ccc([N+](=O)[O-])cc2)n1-c1cc(Br)ccc1Br. The highest BCUT2D eigenvalue weighted by Gasteiger charge is 2.14. The van der Waals surface area contributed by atoms with Crippen molar-refractivity contribution in [3.63, 3.8) is 0 Å². The Kier molecular flexibility index (Phi) is 5.61. The van der Waals surface area contributed by atoms with Crippen LogP contribution in [0, 0.1) is 10.1 Å². The molecular formula is C22H13Br2N3O3. The smallest absolute Gasteiger partial charge is 0.268 e. The average molecular weight is 527 g/mol. The molecule has 1 heterocycles. The Balaban J connectivity index is 1.91. The van der Waals surface area contributed by atoms with Gasteiger partial charge in [-0.1, -0.05) is 34.1 Å². The monoisotopic (exact) mass is 525 g/mol. The number of hydrogen-bond donors (Lipinski definition) is 0. The minimum Gasteiger partial charge on any atom is -0.268 e. The number of nitrogens with zero attached hydrogens (tertiary/aromatic N) is 3. The van der Waals surface area contributed by atoms with Gasteiger partial charge in [0.2, 0.25) is 0 Å². The van der Waals surface area contributed by atoms with Crippen LogP contribution in [0.4, 0.5) is 5.69 Å². The van der Waals surface area contributed by atoms with Gasteiger partial charge in [-0.15, -0.1) is 0 Å². The quantitative estimate of drug-likeness (QED) is 0.242. The molecule has 0 atom stereocenters. The van der Waals surface area contributed by atoms with Crippen molar-refractivity contribution in [1.82, 2.24) is 9.55 Å². The van der Waals surface area contributed by atoms with Crippen molar-refractivity contribution < 1.29 is 4.92 Å². The fourth-order valence-corrected chi connectivity index (χ4v) is 3.80. The van der Waals surface area contributed by atoms with Crippen molar-refractivity contribution >= 4 is 60.6 Å². The Hall–Kier alpha value is -3.10. The van der Waals surface area contributed by atoms with Crippen LogP contribution in [-0.4, -0.2) is 14.5 Å². The zero-order chi connectivity index (χ0) is 21.3. The lowest BCUT2D eigenvalue weighted by Crippen LogP contribution is -2.22. The van der Waals surface area contributed by atoms with E-state index < -0.39 is 4.92 Å². The van der Waals surface area contributed by atoms with E-state index in [1.807, 2.05) is 24.3 Å². The summed E-state index contributed by atoms with van der Waals surface area (Å²) in [5.41, 5.74) is 1.82. The molecule has 30 heavy (non-hydrogen) atoms. The number of hydrogen-bond acceptors (Lipinski definition) is 4. The third-order valence-electron chi connectivity index (χ3n) is 4.48. The zero-order valence-corrected chi connectivity index (χ0v) is 18.5. The van der Waals surface area contributed by atoms with E-state index in [-0.39, 0.29) is 11.2 Å².